The first-order valence-electron chi connectivity index (χ1n) is 12.4. The van der Waals surface area contributed by atoms with Crippen molar-refractivity contribution < 1.29 is 27.6 Å². The third kappa shape index (κ3) is 4.93. The van der Waals surface area contributed by atoms with Crippen LogP contribution in [0.3, 0.4) is 0 Å². The summed E-state index contributed by atoms with van der Waals surface area (Å²) in [6, 6.07) is -1.64. The molecule has 9 nitrogen and oxygen atoms in total. The highest BCUT2D eigenvalue weighted by Gasteiger charge is 2.70. The highest BCUT2D eigenvalue weighted by Crippen LogP contribution is 2.65. The molecule has 210 valence electrons. The SMILES string of the molecule is Cn1cc(Cl)c2cncc(C(C#N)NC(=O)[C@@H]3[C@@H]4C(CN3C(=O)[C@@H](NC(=O)C(F)(F)F)C(C)(C)C)C4(C)C)c21. The lowest BCUT2D eigenvalue weighted by atomic mass is 9.85. The molecule has 0 radical (unpaired) electrons. The maximum atomic E-state index is 13.7. The van der Waals surface area contributed by atoms with E-state index in [-0.39, 0.29) is 23.8 Å². The number of likely N-dealkylation sites (tertiary alicyclic amines) is 1. The molecule has 2 N–H and O–H groups in total. The van der Waals surface area contributed by atoms with E-state index in [0.29, 0.717) is 21.5 Å². The lowest BCUT2D eigenvalue weighted by molar-refractivity contribution is -0.176. The summed E-state index contributed by atoms with van der Waals surface area (Å²) in [5.41, 5.74) is -0.358. The zero-order valence-electron chi connectivity index (χ0n) is 22.4. The van der Waals surface area contributed by atoms with Gasteiger partial charge in [0, 0.05) is 43.1 Å². The van der Waals surface area contributed by atoms with Crippen LogP contribution in [0.1, 0.15) is 46.2 Å². The normalized spacial score (nSPS) is 23.5. The number of fused-ring (bicyclic) bond motifs is 2. The second kappa shape index (κ2) is 9.40. The molecule has 4 rings (SSSR count). The number of carbonyl (C=O) groups is 3. The summed E-state index contributed by atoms with van der Waals surface area (Å²) >= 11 is 6.27. The highest BCUT2D eigenvalue weighted by molar-refractivity contribution is 6.35. The van der Waals surface area contributed by atoms with Crippen molar-refractivity contribution >= 4 is 40.2 Å². The monoisotopic (exact) mass is 566 g/mol. The minimum Gasteiger partial charge on any atom is -0.349 e. The van der Waals surface area contributed by atoms with E-state index in [2.05, 4.69) is 16.4 Å². The van der Waals surface area contributed by atoms with Crippen molar-refractivity contribution in [2.75, 3.05) is 6.54 Å². The lowest BCUT2D eigenvalue weighted by Crippen LogP contribution is -2.60. The Morgan fingerprint density at radius 3 is 2.41 bits per heavy atom. The molecule has 2 unspecified atom stereocenters. The number of hydrogen-bond donors (Lipinski definition) is 2. The van der Waals surface area contributed by atoms with E-state index in [0.717, 1.165) is 0 Å². The molecule has 1 saturated heterocycles. The number of halogens is 4. The van der Waals surface area contributed by atoms with Gasteiger partial charge in [0.2, 0.25) is 11.8 Å². The topological polar surface area (TPSA) is 120 Å². The molecule has 0 bridgehead atoms. The Morgan fingerprint density at radius 1 is 1.21 bits per heavy atom. The van der Waals surface area contributed by atoms with E-state index in [9.17, 15) is 32.8 Å². The number of rotatable bonds is 5. The van der Waals surface area contributed by atoms with Gasteiger partial charge in [0.05, 0.1) is 16.6 Å². The fraction of sp³-hybridized carbons (Fsp3) is 0.577. The van der Waals surface area contributed by atoms with Crippen LogP contribution in [0.25, 0.3) is 10.9 Å². The predicted molar refractivity (Wildman–Crippen MR) is 136 cm³/mol. The van der Waals surface area contributed by atoms with Gasteiger partial charge in [-0.3, -0.25) is 19.4 Å². The van der Waals surface area contributed by atoms with Crippen LogP contribution >= 0.6 is 11.6 Å². The van der Waals surface area contributed by atoms with Crippen LogP contribution in [0.15, 0.2) is 18.6 Å². The zero-order chi connectivity index (χ0) is 29.2. The Kier molecular flexibility index (Phi) is 6.91. The minimum atomic E-state index is -5.18. The van der Waals surface area contributed by atoms with Crippen LogP contribution in [0.4, 0.5) is 13.2 Å². The molecule has 3 heterocycles. The van der Waals surface area contributed by atoms with E-state index < -0.39 is 47.4 Å². The lowest BCUT2D eigenvalue weighted by Gasteiger charge is -2.37. The predicted octanol–water partition coefficient (Wildman–Crippen LogP) is 3.48. The number of piperidine rings is 1. The molecule has 1 aliphatic carbocycles. The van der Waals surface area contributed by atoms with E-state index in [1.165, 1.54) is 31.9 Å². The summed E-state index contributed by atoms with van der Waals surface area (Å²) in [7, 11) is 1.74. The Bertz CT molecular complexity index is 1390. The van der Waals surface area contributed by atoms with E-state index in [1.807, 2.05) is 19.2 Å². The van der Waals surface area contributed by atoms with Gasteiger partial charge in [0.1, 0.15) is 18.1 Å². The molecule has 3 amide bonds. The van der Waals surface area contributed by atoms with Crippen LogP contribution in [0.5, 0.6) is 0 Å². The number of carbonyl (C=O) groups excluding carboxylic acids is 3. The van der Waals surface area contributed by atoms with Gasteiger partial charge < -0.3 is 20.1 Å². The number of aryl methyl sites for hydroxylation is 1. The second-order valence-electron chi connectivity index (χ2n) is 11.9. The summed E-state index contributed by atoms with van der Waals surface area (Å²) in [5.74, 6) is -3.95. The Labute approximate surface area is 228 Å². The maximum Gasteiger partial charge on any atom is 0.471 e. The molecule has 5 atom stereocenters. The average Bonchev–Trinajstić information content (AvgIpc) is 3.13. The number of alkyl halides is 3. The fourth-order valence-electron chi connectivity index (χ4n) is 5.80. The maximum absolute atomic E-state index is 13.7. The first-order valence-corrected chi connectivity index (χ1v) is 12.8. The van der Waals surface area contributed by atoms with Crippen molar-refractivity contribution in [3.05, 3.63) is 29.2 Å². The highest BCUT2D eigenvalue weighted by atomic mass is 35.5. The number of nitrogens with zero attached hydrogens (tertiary/aromatic N) is 4. The van der Waals surface area contributed by atoms with Crippen molar-refractivity contribution in [2.45, 2.75) is 58.9 Å². The number of nitrogens with one attached hydrogen (secondary N) is 2. The fourth-order valence-corrected chi connectivity index (χ4v) is 6.09. The third-order valence-electron chi connectivity index (χ3n) is 8.00. The molecule has 1 aliphatic heterocycles. The van der Waals surface area contributed by atoms with Crippen LogP contribution in [0.2, 0.25) is 5.02 Å². The number of pyridine rings is 1. The Morgan fingerprint density at radius 2 is 1.85 bits per heavy atom. The number of hydrogen-bond acceptors (Lipinski definition) is 5. The van der Waals surface area contributed by atoms with Crippen molar-refractivity contribution in [3.8, 4) is 6.07 Å². The smallest absolute Gasteiger partial charge is 0.349 e. The second-order valence-corrected chi connectivity index (χ2v) is 12.4. The molecule has 2 fully saturated rings. The van der Waals surface area contributed by atoms with Gasteiger partial charge in [-0.05, 0) is 22.7 Å². The molecule has 1 saturated carbocycles. The van der Waals surface area contributed by atoms with Gasteiger partial charge in [0.15, 0.2) is 0 Å². The van der Waals surface area contributed by atoms with E-state index in [1.54, 1.807) is 24.0 Å². The molecule has 0 aromatic carbocycles. The van der Waals surface area contributed by atoms with E-state index in [4.69, 9.17) is 11.6 Å². The summed E-state index contributed by atoms with van der Waals surface area (Å²) < 4.78 is 40.9. The number of amides is 3. The van der Waals surface area contributed by atoms with Crippen LogP contribution in [-0.2, 0) is 21.4 Å². The summed E-state index contributed by atoms with van der Waals surface area (Å²) in [6.07, 6.45) is -0.515. The minimum absolute atomic E-state index is 0.0616. The first kappa shape index (κ1) is 28.7. The average molecular weight is 567 g/mol. The Balaban J connectivity index is 1.65. The quantitative estimate of drug-likeness (QED) is 0.574. The van der Waals surface area contributed by atoms with Crippen molar-refractivity contribution in [1.82, 2.24) is 25.1 Å². The van der Waals surface area contributed by atoms with Gasteiger partial charge in [-0.25, -0.2) is 0 Å². The molecule has 13 heteroatoms. The van der Waals surface area contributed by atoms with Crippen molar-refractivity contribution in [1.29, 1.82) is 5.26 Å². The van der Waals surface area contributed by atoms with Crippen molar-refractivity contribution in [3.63, 3.8) is 0 Å². The molecule has 2 aromatic rings. The van der Waals surface area contributed by atoms with Gasteiger partial charge in [0.25, 0.3) is 0 Å². The molecular weight excluding hydrogens is 537 g/mol. The number of nitriles is 1. The molecule has 2 aromatic heterocycles. The van der Waals surface area contributed by atoms with Crippen LogP contribution in [-0.4, -0.2) is 57.0 Å². The van der Waals surface area contributed by atoms with Crippen LogP contribution < -0.4 is 10.6 Å². The van der Waals surface area contributed by atoms with Crippen LogP contribution in [0, 0.1) is 34.0 Å². The van der Waals surface area contributed by atoms with E-state index >= 15 is 0 Å². The molecular formula is C26H30ClF3N6O3. The zero-order valence-corrected chi connectivity index (χ0v) is 23.1. The van der Waals surface area contributed by atoms with Gasteiger partial charge in [-0.1, -0.05) is 46.2 Å². The molecule has 2 aliphatic rings. The first-order chi connectivity index (χ1) is 17.9. The largest absolute Gasteiger partial charge is 0.471 e. The summed E-state index contributed by atoms with van der Waals surface area (Å²) in [5, 5.41) is 15.6. The number of aromatic nitrogens is 2. The Hall–Kier alpha value is -3.33. The molecule has 39 heavy (non-hydrogen) atoms. The summed E-state index contributed by atoms with van der Waals surface area (Å²) in [4.78, 5) is 44.6. The standard InChI is InChI=1S/C26H30ClF3N6O3/c1-24(2,3)20(34-23(39)26(28,29)30)22(38)36-10-14-17(25(14,4)5)19(36)21(37)33-16(7-31)13-9-32-8-12-15(27)11-35(6)18(12)13/h8-9,11,14,16-17,19-20H,10H2,1-6H3,(H,33,37)(H,34,39)/t14?,16?,17-,19-,20+/m0/s1. The van der Waals surface area contributed by atoms with Crippen molar-refractivity contribution in [2.24, 2.45) is 29.7 Å². The van der Waals surface area contributed by atoms with Gasteiger partial charge in [-0.2, -0.15) is 18.4 Å². The third-order valence-corrected chi connectivity index (χ3v) is 8.30. The van der Waals surface area contributed by atoms with Gasteiger partial charge >= 0.3 is 12.1 Å². The van der Waals surface area contributed by atoms with Gasteiger partial charge in [-0.15, -0.1) is 0 Å². The summed E-state index contributed by atoms with van der Waals surface area (Å²) in [6.45, 7) is 8.65. The molecule has 0 spiro atoms.